The summed E-state index contributed by atoms with van der Waals surface area (Å²) in [5, 5.41) is -0.690. The Morgan fingerprint density at radius 3 is 1.50 bits per heavy atom. The van der Waals surface area contributed by atoms with E-state index in [2.05, 4.69) is 57.2 Å². The van der Waals surface area contributed by atoms with Crippen LogP contribution in [-0.4, -0.2) is 0 Å². The van der Waals surface area contributed by atoms with E-state index in [4.69, 9.17) is 0 Å². The quantitative estimate of drug-likeness (QED) is 0.411. The Morgan fingerprint density at radius 2 is 1.12 bits per heavy atom. The first-order valence-electron chi connectivity index (χ1n) is 8.13. The summed E-state index contributed by atoms with van der Waals surface area (Å²) in [5.74, 6) is 0. The zero-order valence-corrected chi connectivity index (χ0v) is 15.2. The number of hydrogen-bond donors (Lipinski definition) is 0. The summed E-state index contributed by atoms with van der Waals surface area (Å²) in [6.07, 6.45) is 0. The second kappa shape index (κ2) is 6.71. The molecule has 0 amide bonds. The second-order valence-corrected chi connectivity index (χ2v) is 7.16. The van der Waals surface area contributed by atoms with Gasteiger partial charge in [0.1, 0.15) is 5.16 Å². The van der Waals surface area contributed by atoms with Gasteiger partial charge in [-0.1, -0.05) is 78.4 Å². The van der Waals surface area contributed by atoms with E-state index in [0.717, 1.165) is 16.7 Å². The monoisotopic (exact) mass is 332 g/mol. The first kappa shape index (κ1) is 16.6. The number of aryl methyl sites for hydroxylation is 3. The summed E-state index contributed by atoms with van der Waals surface area (Å²) in [4.78, 5) is 0. The van der Waals surface area contributed by atoms with E-state index < -0.39 is 5.16 Å². The fourth-order valence-corrected chi connectivity index (χ4v) is 4.67. The van der Waals surface area contributed by atoms with Gasteiger partial charge in [0.25, 0.3) is 0 Å². The second-order valence-electron chi connectivity index (χ2n) is 6.31. The van der Waals surface area contributed by atoms with Gasteiger partial charge in [-0.25, -0.2) is 0 Å². The Kier molecular flexibility index (Phi) is 4.64. The van der Waals surface area contributed by atoms with E-state index in [-0.39, 0.29) is 8.46 Å². The van der Waals surface area contributed by atoms with Crippen molar-refractivity contribution < 1.29 is 4.57 Å². The predicted molar refractivity (Wildman–Crippen MR) is 101 cm³/mol. The fourth-order valence-electron chi connectivity index (χ4n) is 3.72. The van der Waals surface area contributed by atoms with Gasteiger partial charge in [0, 0.05) is 0 Å². The minimum absolute atomic E-state index is 0.0760. The van der Waals surface area contributed by atoms with Crippen molar-refractivity contribution in [3.05, 3.63) is 106 Å². The van der Waals surface area contributed by atoms with Crippen LogP contribution >= 0.6 is 8.46 Å². The minimum atomic E-state index is -0.690. The van der Waals surface area contributed by atoms with Gasteiger partial charge in [-0.05, 0) is 48.6 Å². The molecule has 2 heteroatoms. The number of rotatable bonds is 4. The lowest BCUT2D eigenvalue weighted by Crippen LogP contribution is -2.25. The highest BCUT2D eigenvalue weighted by atomic mass is 31.1. The summed E-state index contributed by atoms with van der Waals surface area (Å²) in [6.45, 7) is 6.33. The average molecular weight is 332 g/mol. The van der Waals surface area contributed by atoms with E-state index in [1.807, 2.05) is 36.4 Å². The highest BCUT2D eigenvalue weighted by Gasteiger charge is 2.39. The smallest absolute Gasteiger partial charge is 0.176 e. The van der Waals surface area contributed by atoms with Gasteiger partial charge in [0.05, 0.1) is 0 Å². The highest BCUT2D eigenvalue weighted by molar-refractivity contribution is 7.26. The van der Waals surface area contributed by atoms with Crippen LogP contribution < -0.4 is 0 Å². The molecule has 3 aromatic carbocycles. The molecule has 0 aliphatic carbocycles. The first-order chi connectivity index (χ1) is 11.6. The van der Waals surface area contributed by atoms with Gasteiger partial charge < -0.3 is 0 Å². The number of hydrogen-bond acceptors (Lipinski definition) is 1. The van der Waals surface area contributed by atoms with Crippen molar-refractivity contribution in [3.63, 3.8) is 0 Å². The molecule has 0 N–H and O–H groups in total. The fraction of sp³-hybridized carbons (Fsp3) is 0.182. The molecule has 0 spiro atoms. The van der Waals surface area contributed by atoms with Crippen molar-refractivity contribution in [2.75, 3.05) is 0 Å². The van der Waals surface area contributed by atoms with Crippen LogP contribution in [0.15, 0.2) is 72.8 Å². The first-order valence-corrected chi connectivity index (χ1v) is 8.94. The maximum absolute atomic E-state index is 12.7. The van der Waals surface area contributed by atoms with Crippen molar-refractivity contribution in [3.8, 4) is 0 Å². The van der Waals surface area contributed by atoms with E-state index >= 15 is 0 Å². The van der Waals surface area contributed by atoms with Crippen LogP contribution in [0.5, 0.6) is 0 Å². The molecule has 0 atom stereocenters. The summed E-state index contributed by atoms with van der Waals surface area (Å²) in [5.41, 5.74) is 6.78. The van der Waals surface area contributed by atoms with Gasteiger partial charge in [0.15, 0.2) is 8.46 Å². The Bertz CT molecular complexity index is 791. The van der Waals surface area contributed by atoms with E-state index in [9.17, 15) is 4.57 Å². The molecular weight excluding hydrogens is 311 g/mol. The standard InChI is InChI=1S/C22H21OP/c1-16-14-17(2)21(18(3)15-16)22(24-23,19-10-6-4-7-11-19)20-12-8-5-9-13-20/h4-15H,1-3H3. The van der Waals surface area contributed by atoms with Crippen LogP contribution in [0.1, 0.15) is 33.4 Å². The molecule has 0 fully saturated rings. The molecule has 3 rings (SSSR count). The Balaban J connectivity index is 2.42. The van der Waals surface area contributed by atoms with Crippen molar-refractivity contribution in [2.24, 2.45) is 0 Å². The third-order valence-corrected chi connectivity index (χ3v) is 5.57. The van der Waals surface area contributed by atoms with Gasteiger partial charge in [-0.2, -0.15) is 0 Å². The predicted octanol–water partition coefficient (Wildman–Crippen LogP) is 6.20. The molecule has 0 aliphatic heterocycles. The lowest BCUT2D eigenvalue weighted by Gasteiger charge is -2.32. The topological polar surface area (TPSA) is 17.1 Å². The lowest BCUT2D eigenvalue weighted by molar-refractivity contribution is 0.585. The Hall–Kier alpha value is -2.24. The highest BCUT2D eigenvalue weighted by Crippen LogP contribution is 2.50. The summed E-state index contributed by atoms with van der Waals surface area (Å²) in [7, 11) is 0.0760. The largest absolute Gasteiger partial charge is 0.273 e. The molecule has 0 unspecified atom stereocenters. The Morgan fingerprint density at radius 1 is 0.708 bits per heavy atom. The molecule has 120 valence electrons. The minimum Gasteiger partial charge on any atom is -0.273 e. The molecule has 0 saturated heterocycles. The van der Waals surface area contributed by atoms with Gasteiger partial charge in [-0.15, -0.1) is 0 Å². The van der Waals surface area contributed by atoms with Crippen molar-refractivity contribution in [2.45, 2.75) is 25.9 Å². The number of benzene rings is 3. The van der Waals surface area contributed by atoms with Crippen LogP contribution in [0, 0.1) is 20.8 Å². The molecule has 0 radical (unpaired) electrons. The molecular formula is C22H21OP. The molecule has 3 aromatic rings. The van der Waals surface area contributed by atoms with Crippen molar-refractivity contribution in [1.82, 2.24) is 0 Å². The van der Waals surface area contributed by atoms with Crippen LogP contribution in [-0.2, 0) is 9.72 Å². The molecule has 0 bridgehead atoms. The average Bonchev–Trinajstić information content (AvgIpc) is 2.59. The van der Waals surface area contributed by atoms with E-state index in [0.29, 0.717) is 0 Å². The molecule has 0 saturated carbocycles. The molecule has 0 aliphatic rings. The van der Waals surface area contributed by atoms with Gasteiger partial charge >= 0.3 is 0 Å². The van der Waals surface area contributed by atoms with E-state index in [1.54, 1.807) is 0 Å². The summed E-state index contributed by atoms with van der Waals surface area (Å²) in [6, 6.07) is 24.6. The van der Waals surface area contributed by atoms with Crippen LogP contribution in [0.25, 0.3) is 0 Å². The zero-order valence-electron chi connectivity index (χ0n) is 14.3. The summed E-state index contributed by atoms with van der Waals surface area (Å²) < 4.78 is 12.7. The maximum Gasteiger partial charge on any atom is 0.176 e. The van der Waals surface area contributed by atoms with Crippen molar-refractivity contribution in [1.29, 1.82) is 0 Å². The van der Waals surface area contributed by atoms with E-state index in [1.165, 1.54) is 16.7 Å². The van der Waals surface area contributed by atoms with Crippen LogP contribution in [0.2, 0.25) is 0 Å². The molecule has 1 nitrogen and oxygen atoms in total. The maximum atomic E-state index is 12.7. The summed E-state index contributed by atoms with van der Waals surface area (Å²) >= 11 is 0. The Labute approximate surface area is 145 Å². The van der Waals surface area contributed by atoms with Gasteiger partial charge in [-0.3, -0.25) is 4.57 Å². The van der Waals surface area contributed by atoms with Crippen LogP contribution in [0.4, 0.5) is 0 Å². The third kappa shape index (κ3) is 2.70. The molecule has 24 heavy (non-hydrogen) atoms. The molecule has 0 aromatic heterocycles. The van der Waals surface area contributed by atoms with Crippen LogP contribution in [0.3, 0.4) is 0 Å². The zero-order chi connectivity index (χ0) is 17.2. The van der Waals surface area contributed by atoms with Gasteiger partial charge in [0.2, 0.25) is 0 Å². The normalized spacial score (nSPS) is 11.6. The van der Waals surface area contributed by atoms with Crippen molar-refractivity contribution >= 4 is 8.46 Å². The molecule has 0 heterocycles. The third-order valence-electron chi connectivity index (χ3n) is 4.56. The lowest BCUT2D eigenvalue weighted by atomic mass is 9.79. The SMILES string of the molecule is Cc1cc(C)c(C(P=O)(c2ccccc2)c2ccccc2)c(C)c1.